The molecule has 0 saturated heterocycles. The maximum atomic E-state index is 2.49. The third-order valence-corrected chi connectivity index (χ3v) is 11.8. The van der Waals surface area contributed by atoms with Crippen LogP contribution < -0.4 is 4.90 Å². The number of para-hydroxylation sites is 2. The molecule has 282 valence electrons. The summed E-state index contributed by atoms with van der Waals surface area (Å²) in [7, 11) is 0. The zero-order valence-corrected chi connectivity index (χ0v) is 33.0. The molecule has 0 amide bonds. The first-order valence-corrected chi connectivity index (χ1v) is 20.6. The van der Waals surface area contributed by atoms with Gasteiger partial charge < -0.3 is 9.47 Å². The molecule has 0 saturated carbocycles. The van der Waals surface area contributed by atoms with E-state index in [1.165, 1.54) is 71.6 Å². The van der Waals surface area contributed by atoms with Crippen molar-refractivity contribution in [1.82, 2.24) is 4.57 Å². The second-order valence-electron chi connectivity index (χ2n) is 15.3. The van der Waals surface area contributed by atoms with E-state index in [9.17, 15) is 0 Å². The zero-order chi connectivity index (χ0) is 39.8. The van der Waals surface area contributed by atoms with Crippen LogP contribution >= 0.6 is 0 Å². The van der Waals surface area contributed by atoms with Crippen molar-refractivity contribution < 1.29 is 0 Å². The number of anilines is 3. The van der Waals surface area contributed by atoms with Gasteiger partial charge in [0.15, 0.2) is 0 Å². The maximum Gasteiger partial charge on any atom is 0.0562 e. The Morgan fingerprint density at radius 2 is 0.817 bits per heavy atom. The fourth-order valence-electron chi connectivity index (χ4n) is 8.88. The number of aromatic nitrogens is 1. The first kappa shape index (κ1) is 35.2. The largest absolute Gasteiger partial charge is 0.310 e. The van der Waals surface area contributed by atoms with Crippen LogP contribution in [0.4, 0.5) is 17.1 Å². The van der Waals surface area contributed by atoms with Gasteiger partial charge in [0.1, 0.15) is 0 Å². The van der Waals surface area contributed by atoms with Gasteiger partial charge in [-0.25, -0.2) is 0 Å². The van der Waals surface area contributed by atoms with E-state index in [4.69, 9.17) is 0 Å². The molecule has 0 aliphatic rings. The molecule has 1 aromatic heterocycles. The number of hydrogen-bond acceptors (Lipinski definition) is 1. The number of hydrogen-bond donors (Lipinski definition) is 0. The van der Waals surface area contributed by atoms with Crippen LogP contribution in [0.15, 0.2) is 243 Å². The standard InChI is InChI=1S/C58H40N2/c1-4-16-41(17-5-1)43-30-33-49(34-31-43)59(55-26-14-12-24-51(55)44-19-6-2-7-20-44)50-35-37-54-53-25-13-15-27-56(53)60(58(54)40-50)57-39-48(32-36-52(57)45-21-8-3-9-22-45)47-29-28-42-18-10-11-23-46(42)38-47/h1-40H. The highest BCUT2D eigenvalue weighted by molar-refractivity contribution is 6.11. The molecule has 11 rings (SSSR count). The number of rotatable bonds is 8. The Hall–Kier alpha value is -7.94. The molecule has 0 atom stereocenters. The summed E-state index contributed by atoms with van der Waals surface area (Å²) in [6, 6.07) is 88.0. The van der Waals surface area contributed by atoms with Gasteiger partial charge >= 0.3 is 0 Å². The van der Waals surface area contributed by atoms with Crippen LogP contribution in [0.1, 0.15) is 0 Å². The normalized spacial score (nSPS) is 11.3. The number of nitrogens with zero attached hydrogens (tertiary/aromatic N) is 2. The lowest BCUT2D eigenvalue weighted by molar-refractivity contribution is 1.18. The summed E-state index contributed by atoms with van der Waals surface area (Å²) in [6.07, 6.45) is 0. The van der Waals surface area contributed by atoms with Gasteiger partial charge in [-0.3, -0.25) is 0 Å². The molecular formula is C58H40N2. The molecular weight excluding hydrogens is 725 g/mol. The van der Waals surface area contributed by atoms with Gasteiger partial charge in [-0.2, -0.15) is 0 Å². The quantitative estimate of drug-likeness (QED) is 0.150. The molecule has 2 heteroatoms. The Labute approximate surface area is 350 Å². The Kier molecular flexibility index (Phi) is 8.87. The average Bonchev–Trinajstić information content (AvgIpc) is 3.66. The Morgan fingerprint density at radius 1 is 0.283 bits per heavy atom. The lowest BCUT2D eigenvalue weighted by atomic mass is 9.96. The fraction of sp³-hybridized carbons (Fsp3) is 0. The fourth-order valence-corrected chi connectivity index (χ4v) is 8.88. The summed E-state index contributed by atoms with van der Waals surface area (Å²) in [5, 5.41) is 4.90. The molecule has 2 nitrogen and oxygen atoms in total. The molecule has 0 unspecified atom stereocenters. The van der Waals surface area contributed by atoms with Gasteiger partial charge in [-0.05, 0) is 92.7 Å². The van der Waals surface area contributed by atoms with E-state index in [0.717, 1.165) is 28.3 Å². The van der Waals surface area contributed by atoms with E-state index in [1.807, 2.05) is 0 Å². The first-order chi connectivity index (χ1) is 29.8. The predicted octanol–water partition coefficient (Wildman–Crippen LogP) is 16.1. The van der Waals surface area contributed by atoms with Crippen molar-refractivity contribution in [3.63, 3.8) is 0 Å². The van der Waals surface area contributed by atoms with Gasteiger partial charge in [0, 0.05) is 33.3 Å². The van der Waals surface area contributed by atoms with E-state index >= 15 is 0 Å². The number of fused-ring (bicyclic) bond motifs is 4. The second-order valence-corrected chi connectivity index (χ2v) is 15.3. The van der Waals surface area contributed by atoms with Crippen LogP contribution in [0.25, 0.3) is 82.8 Å². The minimum absolute atomic E-state index is 1.08. The summed E-state index contributed by atoms with van der Waals surface area (Å²) in [5.74, 6) is 0. The van der Waals surface area contributed by atoms with E-state index in [1.54, 1.807) is 0 Å². The SMILES string of the molecule is c1ccc(-c2ccc(N(c3ccc4c5ccccc5n(-c5cc(-c6ccc7ccccc7c6)ccc5-c5ccccc5)c4c3)c3ccccc3-c3ccccc3)cc2)cc1. The molecule has 0 bridgehead atoms. The molecule has 0 aliphatic heterocycles. The summed E-state index contributed by atoms with van der Waals surface area (Å²) in [4.78, 5) is 2.42. The van der Waals surface area contributed by atoms with Crippen molar-refractivity contribution in [1.29, 1.82) is 0 Å². The average molecular weight is 765 g/mol. The molecule has 11 aromatic rings. The molecule has 0 fully saturated rings. The van der Waals surface area contributed by atoms with Crippen LogP contribution in [-0.4, -0.2) is 4.57 Å². The zero-order valence-electron chi connectivity index (χ0n) is 33.0. The van der Waals surface area contributed by atoms with E-state index in [-0.39, 0.29) is 0 Å². The Balaban J connectivity index is 1.16. The topological polar surface area (TPSA) is 8.17 Å². The Bertz CT molecular complexity index is 3290. The van der Waals surface area contributed by atoms with Gasteiger partial charge in [0.2, 0.25) is 0 Å². The minimum atomic E-state index is 1.08. The van der Waals surface area contributed by atoms with Crippen LogP contribution in [0.5, 0.6) is 0 Å². The predicted molar refractivity (Wildman–Crippen MR) is 255 cm³/mol. The van der Waals surface area contributed by atoms with Crippen molar-refractivity contribution in [2.75, 3.05) is 4.90 Å². The summed E-state index contributed by atoms with van der Waals surface area (Å²) in [5.41, 5.74) is 16.2. The van der Waals surface area contributed by atoms with Gasteiger partial charge in [0.25, 0.3) is 0 Å². The van der Waals surface area contributed by atoms with Crippen LogP contribution in [0.3, 0.4) is 0 Å². The minimum Gasteiger partial charge on any atom is -0.310 e. The van der Waals surface area contributed by atoms with E-state index in [0.29, 0.717) is 0 Å². The van der Waals surface area contributed by atoms with E-state index in [2.05, 4.69) is 252 Å². The molecule has 0 aliphatic carbocycles. The monoisotopic (exact) mass is 764 g/mol. The summed E-state index contributed by atoms with van der Waals surface area (Å²) in [6.45, 7) is 0. The van der Waals surface area contributed by atoms with Crippen LogP contribution in [-0.2, 0) is 0 Å². The third kappa shape index (κ3) is 6.32. The first-order valence-electron chi connectivity index (χ1n) is 20.6. The van der Waals surface area contributed by atoms with Crippen molar-refractivity contribution in [2.24, 2.45) is 0 Å². The highest BCUT2D eigenvalue weighted by Gasteiger charge is 2.21. The van der Waals surface area contributed by atoms with Crippen molar-refractivity contribution in [3.05, 3.63) is 243 Å². The second kappa shape index (κ2) is 15.1. The Morgan fingerprint density at radius 3 is 1.58 bits per heavy atom. The van der Waals surface area contributed by atoms with Gasteiger partial charge in [-0.15, -0.1) is 0 Å². The number of benzene rings is 10. The van der Waals surface area contributed by atoms with Crippen LogP contribution in [0, 0.1) is 0 Å². The molecule has 0 radical (unpaired) electrons. The lowest BCUT2D eigenvalue weighted by Crippen LogP contribution is -2.11. The van der Waals surface area contributed by atoms with Crippen molar-refractivity contribution in [3.8, 4) is 50.2 Å². The van der Waals surface area contributed by atoms with Crippen LogP contribution in [0.2, 0.25) is 0 Å². The van der Waals surface area contributed by atoms with Crippen molar-refractivity contribution in [2.45, 2.75) is 0 Å². The lowest BCUT2D eigenvalue weighted by Gasteiger charge is -2.28. The molecule has 0 spiro atoms. The molecule has 10 aromatic carbocycles. The van der Waals surface area contributed by atoms with E-state index < -0.39 is 0 Å². The smallest absolute Gasteiger partial charge is 0.0562 e. The summed E-state index contributed by atoms with van der Waals surface area (Å²) >= 11 is 0. The van der Waals surface area contributed by atoms with Gasteiger partial charge in [0.05, 0.1) is 22.4 Å². The highest BCUT2D eigenvalue weighted by Crippen LogP contribution is 2.45. The summed E-state index contributed by atoms with van der Waals surface area (Å²) < 4.78 is 2.49. The molecule has 60 heavy (non-hydrogen) atoms. The van der Waals surface area contributed by atoms with Crippen molar-refractivity contribution >= 4 is 49.6 Å². The van der Waals surface area contributed by atoms with Gasteiger partial charge in [-0.1, -0.05) is 194 Å². The maximum absolute atomic E-state index is 2.49. The third-order valence-electron chi connectivity index (χ3n) is 11.8. The molecule has 1 heterocycles. The highest BCUT2D eigenvalue weighted by atomic mass is 15.1. The molecule has 0 N–H and O–H groups in total.